The number of halogens is 1. The number of anilines is 1. The van der Waals surface area contributed by atoms with Crippen molar-refractivity contribution in [2.45, 2.75) is 64.5 Å². The standard InChI is InChI=1S/C21H30ClN3O/c1-14(2)6-8-19-16-10-15(18-4-3-5-21(26)25(18)19)12-24(13-16)20-9-7-17(22)11-23-20/h7,9,11,14-16,18-19H,3-6,8,10,12-13H2,1-2H3/t15-,16+,18+,19+/m1/s1. The summed E-state index contributed by atoms with van der Waals surface area (Å²) >= 11 is 6.02. The van der Waals surface area contributed by atoms with Crippen molar-refractivity contribution in [3.05, 3.63) is 23.4 Å². The lowest BCUT2D eigenvalue weighted by Gasteiger charge is -2.57. The van der Waals surface area contributed by atoms with Gasteiger partial charge in [-0.3, -0.25) is 4.79 Å². The minimum Gasteiger partial charge on any atom is -0.356 e. The van der Waals surface area contributed by atoms with E-state index in [1.165, 1.54) is 19.3 Å². The summed E-state index contributed by atoms with van der Waals surface area (Å²) in [6.07, 6.45) is 8.31. The van der Waals surface area contributed by atoms with E-state index in [0.29, 0.717) is 40.8 Å². The molecule has 4 atom stereocenters. The number of hydrogen-bond donors (Lipinski definition) is 0. The van der Waals surface area contributed by atoms with E-state index in [2.05, 4.69) is 28.6 Å². The third-order valence-electron chi connectivity index (χ3n) is 6.57. The van der Waals surface area contributed by atoms with E-state index in [9.17, 15) is 4.79 Å². The summed E-state index contributed by atoms with van der Waals surface area (Å²) in [7, 11) is 0. The van der Waals surface area contributed by atoms with E-state index in [1.807, 2.05) is 12.1 Å². The van der Waals surface area contributed by atoms with Gasteiger partial charge in [0.15, 0.2) is 0 Å². The third-order valence-corrected chi connectivity index (χ3v) is 6.80. The van der Waals surface area contributed by atoms with Crippen molar-refractivity contribution >= 4 is 23.3 Å². The van der Waals surface area contributed by atoms with E-state index in [-0.39, 0.29) is 0 Å². The quantitative estimate of drug-likeness (QED) is 0.783. The van der Waals surface area contributed by atoms with Crippen molar-refractivity contribution < 1.29 is 4.79 Å². The van der Waals surface area contributed by atoms with Crippen molar-refractivity contribution in [3.63, 3.8) is 0 Å². The molecule has 142 valence electrons. The molecule has 3 fully saturated rings. The van der Waals surface area contributed by atoms with Gasteiger partial charge in [-0.25, -0.2) is 4.98 Å². The Bertz CT molecular complexity index is 647. The molecule has 3 aliphatic heterocycles. The second kappa shape index (κ2) is 7.38. The fourth-order valence-electron chi connectivity index (χ4n) is 5.39. The molecule has 2 bridgehead atoms. The molecule has 3 aliphatic rings. The average molecular weight is 376 g/mol. The highest BCUT2D eigenvalue weighted by Crippen LogP contribution is 2.43. The molecule has 0 spiro atoms. The first-order valence-corrected chi connectivity index (χ1v) is 10.6. The lowest BCUT2D eigenvalue weighted by atomic mass is 9.71. The first-order valence-electron chi connectivity index (χ1n) is 10.2. The fourth-order valence-corrected chi connectivity index (χ4v) is 5.51. The highest BCUT2D eigenvalue weighted by Gasteiger charge is 2.49. The normalized spacial score (nSPS) is 31.3. The number of rotatable bonds is 4. The lowest BCUT2D eigenvalue weighted by Crippen LogP contribution is -2.65. The second-order valence-electron chi connectivity index (χ2n) is 8.79. The molecule has 0 aromatic carbocycles. The van der Waals surface area contributed by atoms with E-state index >= 15 is 0 Å². The van der Waals surface area contributed by atoms with Crippen molar-refractivity contribution in [2.24, 2.45) is 17.8 Å². The van der Waals surface area contributed by atoms with Crippen LogP contribution in [0.5, 0.6) is 0 Å². The zero-order chi connectivity index (χ0) is 18.3. The molecule has 1 aromatic heterocycles. The van der Waals surface area contributed by atoms with Crippen LogP contribution in [-0.2, 0) is 4.79 Å². The van der Waals surface area contributed by atoms with Gasteiger partial charge in [-0.1, -0.05) is 25.4 Å². The topological polar surface area (TPSA) is 36.4 Å². The second-order valence-corrected chi connectivity index (χ2v) is 9.23. The van der Waals surface area contributed by atoms with Crippen LogP contribution in [0, 0.1) is 17.8 Å². The minimum absolute atomic E-state index is 0.404. The summed E-state index contributed by atoms with van der Waals surface area (Å²) < 4.78 is 0. The number of aromatic nitrogens is 1. The number of fused-ring (bicyclic) bond motifs is 4. The van der Waals surface area contributed by atoms with Crippen molar-refractivity contribution in [2.75, 3.05) is 18.0 Å². The summed E-state index contributed by atoms with van der Waals surface area (Å²) in [5.74, 6) is 3.25. The Kier molecular flexibility index (Phi) is 5.13. The molecular formula is C21H30ClN3O. The Morgan fingerprint density at radius 2 is 2.08 bits per heavy atom. The number of hydrogen-bond acceptors (Lipinski definition) is 3. The van der Waals surface area contributed by atoms with Crippen LogP contribution in [-0.4, -0.2) is 41.0 Å². The molecule has 0 saturated carbocycles. The monoisotopic (exact) mass is 375 g/mol. The van der Waals surface area contributed by atoms with E-state index in [4.69, 9.17) is 11.6 Å². The summed E-state index contributed by atoms with van der Waals surface area (Å²) in [5.41, 5.74) is 0. The van der Waals surface area contributed by atoms with Crippen LogP contribution >= 0.6 is 11.6 Å². The zero-order valence-corrected chi connectivity index (χ0v) is 16.7. The van der Waals surface area contributed by atoms with Crippen LogP contribution < -0.4 is 4.90 Å². The molecule has 0 aliphatic carbocycles. The van der Waals surface area contributed by atoms with Gasteiger partial charge in [0.1, 0.15) is 5.82 Å². The Morgan fingerprint density at radius 3 is 2.81 bits per heavy atom. The smallest absolute Gasteiger partial charge is 0.223 e. The highest BCUT2D eigenvalue weighted by molar-refractivity contribution is 6.30. The summed E-state index contributed by atoms with van der Waals surface area (Å²) in [4.78, 5) is 22.1. The number of carbonyl (C=O) groups excluding carboxylic acids is 1. The number of amides is 1. The van der Waals surface area contributed by atoms with Crippen LogP contribution in [0.25, 0.3) is 0 Å². The lowest BCUT2D eigenvalue weighted by molar-refractivity contribution is -0.149. The van der Waals surface area contributed by atoms with Gasteiger partial charge in [-0.15, -0.1) is 0 Å². The number of carbonyl (C=O) groups is 1. The Hall–Kier alpha value is -1.29. The molecular weight excluding hydrogens is 346 g/mol. The maximum atomic E-state index is 12.8. The van der Waals surface area contributed by atoms with Crippen LogP contribution in [0.2, 0.25) is 5.02 Å². The Morgan fingerprint density at radius 1 is 1.27 bits per heavy atom. The van der Waals surface area contributed by atoms with Gasteiger partial charge >= 0.3 is 0 Å². The molecule has 5 heteroatoms. The third kappa shape index (κ3) is 3.45. The van der Waals surface area contributed by atoms with Crippen LogP contribution in [0.1, 0.15) is 52.4 Å². The van der Waals surface area contributed by atoms with Gasteiger partial charge in [0.2, 0.25) is 5.91 Å². The van der Waals surface area contributed by atoms with Crippen LogP contribution in [0.4, 0.5) is 5.82 Å². The van der Waals surface area contributed by atoms with Gasteiger partial charge in [0, 0.05) is 37.8 Å². The van der Waals surface area contributed by atoms with Gasteiger partial charge in [-0.05, 0) is 62.0 Å². The van der Waals surface area contributed by atoms with Crippen LogP contribution in [0.15, 0.2) is 18.3 Å². The molecule has 0 unspecified atom stereocenters. The average Bonchev–Trinajstić information content (AvgIpc) is 2.62. The first kappa shape index (κ1) is 18.1. The summed E-state index contributed by atoms with van der Waals surface area (Å²) in [6, 6.07) is 4.80. The fraction of sp³-hybridized carbons (Fsp3) is 0.714. The molecule has 1 aromatic rings. The molecule has 1 amide bonds. The van der Waals surface area contributed by atoms with Gasteiger partial charge in [0.05, 0.1) is 5.02 Å². The number of piperidine rings is 3. The predicted octanol–water partition coefficient (Wildman–Crippen LogP) is 4.38. The van der Waals surface area contributed by atoms with Crippen molar-refractivity contribution in [3.8, 4) is 0 Å². The first-order chi connectivity index (χ1) is 12.5. The van der Waals surface area contributed by atoms with Crippen LogP contribution in [0.3, 0.4) is 0 Å². The molecule has 0 N–H and O–H groups in total. The molecule has 4 heterocycles. The molecule has 3 saturated heterocycles. The largest absolute Gasteiger partial charge is 0.356 e. The molecule has 26 heavy (non-hydrogen) atoms. The van der Waals surface area contributed by atoms with Crippen molar-refractivity contribution in [1.82, 2.24) is 9.88 Å². The Labute approximate surface area is 161 Å². The summed E-state index contributed by atoms with van der Waals surface area (Å²) in [6.45, 7) is 6.58. The van der Waals surface area contributed by atoms with Gasteiger partial charge in [0.25, 0.3) is 0 Å². The Balaban J connectivity index is 1.59. The summed E-state index contributed by atoms with van der Waals surface area (Å²) in [5, 5.41) is 0.685. The predicted molar refractivity (Wildman–Crippen MR) is 105 cm³/mol. The molecule has 0 radical (unpaired) electrons. The minimum atomic E-state index is 0.404. The van der Waals surface area contributed by atoms with E-state index in [1.54, 1.807) is 6.20 Å². The van der Waals surface area contributed by atoms with E-state index < -0.39 is 0 Å². The number of pyridine rings is 1. The van der Waals surface area contributed by atoms with Gasteiger partial charge < -0.3 is 9.80 Å². The maximum absolute atomic E-state index is 12.8. The molecule has 4 rings (SSSR count). The van der Waals surface area contributed by atoms with Crippen molar-refractivity contribution in [1.29, 1.82) is 0 Å². The SMILES string of the molecule is CC(C)CC[C@H]1[C@H]2C[C@H](CN(c3ccc(Cl)cn3)C2)[C@@H]2CCCC(=O)N21. The maximum Gasteiger partial charge on any atom is 0.223 e. The van der Waals surface area contributed by atoms with E-state index in [0.717, 1.165) is 38.2 Å². The number of nitrogens with zero attached hydrogens (tertiary/aromatic N) is 3. The zero-order valence-electron chi connectivity index (χ0n) is 15.9. The van der Waals surface area contributed by atoms with Gasteiger partial charge in [-0.2, -0.15) is 0 Å². The molecule has 4 nitrogen and oxygen atoms in total. The highest BCUT2D eigenvalue weighted by atomic mass is 35.5.